The van der Waals surface area contributed by atoms with Gasteiger partial charge in [-0.3, -0.25) is 0 Å². The molecule has 34 heavy (non-hydrogen) atoms. The lowest BCUT2D eigenvalue weighted by atomic mass is 10.00. The number of benzene rings is 4. The van der Waals surface area contributed by atoms with E-state index in [1.165, 1.54) is 12.1 Å². The first-order chi connectivity index (χ1) is 16.5. The van der Waals surface area contributed by atoms with E-state index in [0.29, 0.717) is 29.0 Å². The molecule has 0 bridgehead atoms. The summed E-state index contributed by atoms with van der Waals surface area (Å²) in [6, 6.07) is 22.1. The van der Waals surface area contributed by atoms with Gasteiger partial charge in [0.15, 0.2) is 11.6 Å². The summed E-state index contributed by atoms with van der Waals surface area (Å²) in [4.78, 5) is 0. The van der Waals surface area contributed by atoms with Gasteiger partial charge in [-0.05, 0) is 41.3 Å². The monoisotopic (exact) mass is 456 g/mol. The molecule has 0 unspecified atom stereocenters. The van der Waals surface area contributed by atoms with Crippen molar-refractivity contribution in [1.82, 2.24) is 0 Å². The Balaban J connectivity index is 1.53. The van der Waals surface area contributed by atoms with Crippen LogP contribution in [0.5, 0.6) is 5.75 Å². The molecule has 0 heterocycles. The normalized spacial score (nSPS) is 11.1. The molecule has 0 fully saturated rings. The van der Waals surface area contributed by atoms with Crippen LogP contribution in [0.3, 0.4) is 0 Å². The second kappa shape index (κ2) is 10.3. The summed E-state index contributed by atoms with van der Waals surface area (Å²) in [7, 11) is 0. The van der Waals surface area contributed by atoms with Gasteiger partial charge in [0.05, 0.1) is 6.61 Å². The van der Waals surface area contributed by atoms with Crippen molar-refractivity contribution in [3.05, 3.63) is 120 Å². The maximum absolute atomic E-state index is 14.7. The van der Waals surface area contributed by atoms with E-state index in [1.807, 2.05) is 6.92 Å². The van der Waals surface area contributed by atoms with Gasteiger partial charge in [-0.15, -0.1) is 0 Å². The summed E-state index contributed by atoms with van der Waals surface area (Å²) in [5.74, 6) is -1.69. The van der Waals surface area contributed by atoms with Gasteiger partial charge >= 0.3 is 0 Å². The highest BCUT2D eigenvalue weighted by Crippen LogP contribution is 2.29. The van der Waals surface area contributed by atoms with Crippen molar-refractivity contribution >= 4 is 18.2 Å². The van der Waals surface area contributed by atoms with E-state index in [0.717, 1.165) is 11.1 Å². The minimum atomic E-state index is -0.908. The maximum atomic E-state index is 14.7. The summed E-state index contributed by atoms with van der Waals surface area (Å²) in [6.07, 6.45) is 4.90. The Labute approximate surface area is 197 Å². The average Bonchev–Trinajstić information content (AvgIpc) is 2.86. The third-order valence-corrected chi connectivity index (χ3v) is 5.50. The van der Waals surface area contributed by atoms with Crippen LogP contribution >= 0.6 is 0 Å². The predicted octanol–water partition coefficient (Wildman–Crippen LogP) is 8.65. The molecule has 1 nitrogen and oxygen atoms in total. The zero-order chi connectivity index (χ0) is 24.1. The standard InChI is InChI=1S/C30H23F3O/c1-3-20-5-10-23(11-6-20)27-17-15-24(29(32)30(27)33)14-9-21-7-12-22(13-8-21)26-18-16-25(34-4-2)19-28(26)31/h3,5-19H,1,4H2,2H3/b14-9+. The molecule has 0 saturated carbocycles. The van der Waals surface area contributed by atoms with Crippen molar-refractivity contribution in [1.29, 1.82) is 0 Å². The molecule has 0 N–H and O–H groups in total. The van der Waals surface area contributed by atoms with E-state index in [4.69, 9.17) is 4.74 Å². The average molecular weight is 457 g/mol. The molecule has 4 rings (SSSR count). The van der Waals surface area contributed by atoms with E-state index in [-0.39, 0.29) is 16.9 Å². The number of ether oxygens (including phenoxy) is 1. The summed E-state index contributed by atoms with van der Waals surface area (Å²) < 4.78 is 49.2. The quantitative estimate of drug-likeness (QED) is 0.253. The molecule has 0 aromatic heterocycles. The maximum Gasteiger partial charge on any atom is 0.167 e. The lowest BCUT2D eigenvalue weighted by molar-refractivity contribution is 0.338. The Kier molecular flexibility index (Phi) is 6.98. The fourth-order valence-corrected chi connectivity index (χ4v) is 3.66. The largest absolute Gasteiger partial charge is 0.494 e. The van der Waals surface area contributed by atoms with Crippen molar-refractivity contribution in [3.8, 4) is 28.0 Å². The molecule has 0 amide bonds. The van der Waals surface area contributed by atoms with Crippen molar-refractivity contribution < 1.29 is 17.9 Å². The van der Waals surface area contributed by atoms with E-state index in [2.05, 4.69) is 6.58 Å². The first-order valence-electron chi connectivity index (χ1n) is 10.9. The third kappa shape index (κ3) is 4.96. The SMILES string of the molecule is C=Cc1ccc(-c2ccc(/C=C/c3ccc(-c4ccc(OCC)cc4F)cc3)c(F)c2F)cc1. The van der Waals surface area contributed by atoms with Crippen LogP contribution in [0.25, 0.3) is 40.5 Å². The van der Waals surface area contributed by atoms with Crippen LogP contribution in [0.15, 0.2) is 85.4 Å². The molecule has 4 aromatic carbocycles. The molecule has 0 aliphatic rings. The minimum Gasteiger partial charge on any atom is -0.494 e. The fraction of sp³-hybridized carbons (Fsp3) is 0.0667. The topological polar surface area (TPSA) is 9.23 Å². The zero-order valence-corrected chi connectivity index (χ0v) is 18.7. The van der Waals surface area contributed by atoms with Crippen molar-refractivity contribution in [3.63, 3.8) is 0 Å². The molecule has 4 heteroatoms. The van der Waals surface area contributed by atoms with E-state index >= 15 is 0 Å². The number of halogens is 3. The van der Waals surface area contributed by atoms with Crippen LogP contribution in [0.4, 0.5) is 13.2 Å². The highest BCUT2D eigenvalue weighted by atomic mass is 19.2. The van der Waals surface area contributed by atoms with Gasteiger partial charge in [0.25, 0.3) is 0 Å². The minimum absolute atomic E-state index is 0.144. The van der Waals surface area contributed by atoms with Gasteiger partial charge in [0.1, 0.15) is 11.6 Å². The van der Waals surface area contributed by atoms with Gasteiger partial charge < -0.3 is 4.74 Å². The highest BCUT2D eigenvalue weighted by Gasteiger charge is 2.13. The molecule has 0 spiro atoms. The predicted molar refractivity (Wildman–Crippen MR) is 134 cm³/mol. The molecule has 0 aliphatic carbocycles. The second-order valence-electron chi connectivity index (χ2n) is 7.69. The first kappa shape index (κ1) is 23.1. The second-order valence-corrected chi connectivity index (χ2v) is 7.69. The highest BCUT2D eigenvalue weighted by molar-refractivity contribution is 5.75. The van der Waals surface area contributed by atoms with Crippen LogP contribution in [-0.4, -0.2) is 6.61 Å². The summed E-state index contributed by atoms with van der Waals surface area (Å²) in [6.45, 7) is 6.00. The Morgan fingerprint density at radius 3 is 1.94 bits per heavy atom. The molecule has 4 aromatic rings. The van der Waals surface area contributed by atoms with Crippen LogP contribution in [-0.2, 0) is 0 Å². The summed E-state index contributed by atoms with van der Waals surface area (Å²) in [5, 5.41) is 0. The van der Waals surface area contributed by atoms with Crippen molar-refractivity contribution in [2.24, 2.45) is 0 Å². The molecule has 0 aliphatic heterocycles. The number of rotatable bonds is 7. The van der Waals surface area contributed by atoms with Gasteiger partial charge in [0, 0.05) is 22.8 Å². The Hall–Kier alpha value is -4.05. The van der Waals surface area contributed by atoms with Crippen LogP contribution in [0.2, 0.25) is 0 Å². The van der Waals surface area contributed by atoms with Gasteiger partial charge in [0.2, 0.25) is 0 Å². The molecular formula is C30H23F3O. The lowest BCUT2D eigenvalue weighted by Crippen LogP contribution is -1.93. The smallest absolute Gasteiger partial charge is 0.167 e. The fourth-order valence-electron chi connectivity index (χ4n) is 3.66. The van der Waals surface area contributed by atoms with Gasteiger partial charge in [-0.1, -0.05) is 85.5 Å². The molecule has 0 atom stereocenters. The number of hydrogen-bond acceptors (Lipinski definition) is 1. The van der Waals surface area contributed by atoms with E-state index in [9.17, 15) is 13.2 Å². The van der Waals surface area contributed by atoms with Gasteiger partial charge in [-0.2, -0.15) is 0 Å². The third-order valence-electron chi connectivity index (χ3n) is 5.50. The van der Waals surface area contributed by atoms with Crippen LogP contribution in [0.1, 0.15) is 23.6 Å². The van der Waals surface area contributed by atoms with Crippen LogP contribution < -0.4 is 4.74 Å². The molecule has 170 valence electrons. The Morgan fingerprint density at radius 1 is 0.706 bits per heavy atom. The Bertz CT molecular complexity index is 1340. The van der Waals surface area contributed by atoms with Gasteiger partial charge in [-0.25, -0.2) is 13.2 Å². The van der Waals surface area contributed by atoms with Crippen LogP contribution in [0, 0.1) is 17.5 Å². The Morgan fingerprint density at radius 2 is 1.32 bits per heavy atom. The zero-order valence-electron chi connectivity index (χ0n) is 18.7. The first-order valence-corrected chi connectivity index (χ1v) is 10.9. The number of hydrogen-bond donors (Lipinski definition) is 0. The van der Waals surface area contributed by atoms with Crippen molar-refractivity contribution in [2.45, 2.75) is 6.92 Å². The summed E-state index contributed by atoms with van der Waals surface area (Å²) >= 11 is 0. The van der Waals surface area contributed by atoms with E-state index in [1.54, 1.807) is 84.9 Å². The molecule has 0 radical (unpaired) electrons. The summed E-state index contributed by atoms with van der Waals surface area (Å²) in [5.41, 5.74) is 3.79. The van der Waals surface area contributed by atoms with E-state index < -0.39 is 11.6 Å². The van der Waals surface area contributed by atoms with Crippen molar-refractivity contribution in [2.75, 3.05) is 6.61 Å². The lowest BCUT2D eigenvalue weighted by Gasteiger charge is -2.08. The molecular weight excluding hydrogens is 433 g/mol. The molecule has 0 saturated heterocycles.